The fourth-order valence-corrected chi connectivity index (χ4v) is 5.15. The SMILES string of the molecule is O=C(O)CCCc1cc2nc(Cl)ccc2n1S(=O)(=O)c1ccc(-c2ccncc2)cc1. The van der Waals surface area contributed by atoms with Crippen molar-refractivity contribution in [3.05, 3.63) is 77.8 Å². The van der Waals surface area contributed by atoms with Crippen LogP contribution in [0.3, 0.4) is 0 Å². The maximum atomic E-state index is 13.5. The van der Waals surface area contributed by atoms with E-state index in [4.69, 9.17) is 16.7 Å². The maximum absolute atomic E-state index is 13.5. The van der Waals surface area contributed by atoms with Crippen molar-refractivity contribution in [2.24, 2.45) is 0 Å². The van der Waals surface area contributed by atoms with Crippen molar-refractivity contribution in [2.75, 3.05) is 0 Å². The third kappa shape index (κ3) is 4.30. The van der Waals surface area contributed by atoms with Gasteiger partial charge in [0.15, 0.2) is 0 Å². The number of fused-ring (bicyclic) bond motifs is 1. The Morgan fingerprint density at radius 3 is 2.35 bits per heavy atom. The molecule has 0 spiro atoms. The third-order valence-corrected chi connectivity index (χ3v) is 6.87. The van der Waals surface area contributed by atoms with Crippen LogP contribution in [-0.2, 0) is 21.2 Å². The smallest absolute Gasteiger partial charge is 0.303 e. The van der Waals surface area contributed by atoms with E-state index < -0.39 is 16.0 Å². The lowest BCUT2D eigenvalue weighted by Crippen LogP contribution is -2.16. The highest BCUT2D eigenvalue weighted by molar-refractivity contribution is 7.90. The van der Waals surface area contributed by atoms with Gasteiger partial charge in [0, 0.05) is 24.5 Å². The van der Waals surface area contributed by atoms with E-state index in [1.165, 1.54) is 10.0 Å². The molecule has 3 aromatic heterocycles. The molecule has 3 heterocycles. The van der Waals surface area contributed by atoms with Gasteiger partial charge in [-0.25, -0.2) is 17.4 Å². The lowest BCUT2D eigenvalue weighted by atomic mass is 10.1. The zero-order chi connectivity index (χ0) is 22.0. The quantitative estimate of drug-likeness (QED) is 0.414. The molecule has 4 aromatic rings. The highest BCUT2D eigenvalue weighted by Gasteiger charge is 2.24. The Morgan fingerprint density at radius 1 is 1.00 bits per heavy atom. The summed E-state index contributed by atoms with van der Waals surface area (Å²) >= 11 is 5.98. The lowest BCUT2D eigenvalue weighted by Gasteiger charge is -2.12. The topological polar surface area (TPSA) is 102 Å². The minimum absolute atomic E-state index is 0.0591. The van der Waals surface area contributed by atoms with Crippen molar-refractivity contribution in [1.29, 1.82) is 0 Å². The second kappa shape index (κ2) is 8.49. The number of aryl methyl sites for hydroxylation is 1. The Kier molecular flexibility index (Phi) is 5.75. The molecule has 4 rings (SSSR count). The summed E-state index contributed by atoms with van der Waals surface area (Å²) in [6, 6.07) is 15.1. The first-order chi connectivity index (χ1) is 14.9. The largest absolute Gasteiger partial charge is 0.481 e. The molecule has 0 atom stereocenters. The molecule has 0 amide bonds. The summed E-state index contributed by atoms with van der Waals surface area (Å²) < 4.78 is 28.3. The number of hydrogen-bond donors (Lipinski definition) is 1. The van der Waals surface area contributed by atoms with E-state index in [9.17, 15) is 13.2 Å². The molecular formula is C22H18ClN3O4S. The summed E-state index contributed by atoms with van der Waals surface area (Å²) in [5, 5.41) is 9.19. The average Bonchev–Trinajstić information content (AvgIpc) is 3.12. The Balaban J connectivity index is 1.77. The third-order valence-electron chi connectivity index (χ3n) is 4.88. The van der Waals surface area contributed by atoms with Gasteiger partial charge in [-0.2, -0.15) is 0 Å². The number of benzene rings is 1. The maximum Gasteiger partial charge on any atom is 0.303 e. The van der Waals surface area contributed by atoms with E-state index >= 15 is 0 Å². The molecule has 0 bridgehead atoms. The van der Waals surface area contributed by atoms with E-state index in [0.717, 1.165) is 11.1 Å². The van der Waals surface area contributed by atoms with Gasteiger partial charge in [0.1, 0.15) is 5.15 Å². The van der Waals surface area contributed by atoms with Gasteiger partial charge in [-0.1, -0.05) is 23.7 Å². The van der Waals surface area contributed by atoms with Crippen LogP contribution in [0.15, 0.2) is 71.9 Å². The molecule has 0 aliphatic carbocycles. The number of aromatic nitrogens is 3. The highest BCUT2D eigenvalue weighted by Crippen LogP contribution is 2.28. The number of aliphatic carboxylic acids is 1. The van der Waals surface area contributed by atoms with Crippen LogP contribution in [0.4, 0.5) is 0 Å². The van der Waals surface area contributed by atoms with E-state index in [1.54, 1.807) is 48.8 Å². The molecule has 158 valence electrons. The monoisotopic (exact) mass is 455 g/mol. The van der Waals surface area contributed by atoms with Crippen molar-refractivity contribution < 1.29 is 18.3 Å². The minimum atomic E-state index is -3.94. The fraction of sp³-hybridized carbons (Fsp3) is 0.136. The first-order valence-electron chi connectivity index (χ1n) is 9.51. The van der Waals surface area contributed by atoms with Gasteiger partial charge in [-0.05, 0) is 66.4 Å². The Bertz CT molecular complexity index is 1350. The fourth-order valence-electron chi connectivity index (χ4n) is 3.44. The average molecular weight is 456 g/mol. The van der Waals surface area contributed by atoms with E-state index in [2.05, 4.69) is 9.97 Å². The molecule has 0 saturated heterocycles. The second-order valence-corrected chi connectivity index (χ2v) is 9.12. The second-order valence-electron chi connectivity index (χ2n) is 6.95. The van der Waals surface area contributed by atoms with E-state index in [-0.39, 0.29) is 22.9 Å². The standard InChI is InChI=1S/C22H18ClN3O4S/c23-21-9-8-20-19(25-21)14-17(2-1-3-22(27)28)26(20)31(29,30)18-6-4-15(5-7-18)16-10-12-24-13-11-16/h4-14H,1-3H2,(H,27,28). The number of rotatable bonds is 7. The molecule has 0 saturated carbocycles. The number of hydrogen-bond acceptors (Lipinski definition) is 5. The molecule has 0 aliphatic heterocycles. The first kappa shape index (κ1) is 21.0. The van der Waals surface area contributed by atoms with Crippen LogP contribution in [0.25, 0.3) is 22.2 Å². The summed E-state index contributed by atoms with van der Waals surface area (Å²) in [6.45, 7) is 0. The number of carboxylic acids is 1. The van der Waals surface area contributed by atoms with Gasteiger partial charge in [-0.15, -0.1) is 0 Å². The number of pyridine rings is 2. The first-order valence-corrected chi connectivity index (χ1v) is 11.3. The molecule has 7 nitrogen and oxygen atoms in total. The zero-order valence-corrected chi connectivity index (χ0v) is 17.8. The van der Waals surface area contributed by atoms with Gasteiger partial charge in [-0.3, -0.25) is 9.78 Å². The van der Waals surface area contributed by atoms with E-state index in [0.29, 0.717) is 23.1 Å². The van der Waals surface area contributed by atoms with Gasteiger partial charge >= 0.3 is 5.97 Å². The summed E-state index contributed by atoms with van der Waals surface area (Å²) in [6.07, 6.45) is 3.86. The molecule has 1 N–H and O–H groups in total. The number of halogens is 1. The summed E-state index contributed by atoms with van der Waals surface area (Å²) in [4.78, 5) is 19.2. The normalized spacial score (nSPS) is 11.6. The van der Waals surface area contributed by atoms with Crippen LogP contribution in [0.1, 0.15) is 18.5 Å². The molecular weight excluding hydrogens is 438 g/mol. The summed E-state index contributed by atoms with van der Waals surface area (Å²) in [5.41, 5.74) is 3.10. The number of carboxylic acid groups (broad SMARTS) is 1. The number of nitrogens with zero attached hydrogens (tertiary/aromatic N) is 3. The van der Waals surface area contributed by atoms with Crippen LogP contribution in [0.5, 0.6) is 0 Å². The highest BCUT2D eigenvalue weighted by atomic mass is 35.5. The van der Waals surface area contributed by atoms with Gasteiger partial charge in [0.05, 0.1) is 15.9 Å². The summed E-state index contributed by atoms with van der Waals surface area (Å²) in [5.74, 6) is -0.932. The molecule has 0 radical (unpaired) electrons. The van der Waals surface area contributed by atoms with Gasteiger partial charge < -0.3 is 5.11 Å². The van der Waals surface area contributed by atoms with Crippen LogP contribution >= 0.6 is 11.6 Å². The van der Waals surface area contributed by atoms with Crippen molar-refractivity contribution in [1.82, 2.24) is 13.9 Å². The van der Waals surface area contributed by atoms with Crippen LogP contribution < -0.4 is 0 Å². The molecule has 31 heavy (non-hydrogen) atoms. The predicted octanol–water partition coefficient (Wildman–Crippen LogP) is 4.40. The predicted molar refractivity (Wildman–Crippen MR) is 118 cm³/mol. The van der Waals surface area contributed by atoms with Crippen molar-refractivity contribution in [2.45, 2.75) is 24.2 Å². The molecule has 1 aromatic carbocycles. The van der Waals surface area contributed by atoms with Crippen molar-refractivity contribution >= 4 is 38.6 Å². The van der Waals surface area contributed by atoms with Gasteiger partial charge in [0.2, 0.25) is 0 Å². The Morgan fingerprint density at radius 2 is 1.68 bits per heavy atom. The van der Waals surface area contributed by atoms with Crippen LogP contribution in [-0.4, -0.2) is 33.4 Å². The van der Waals surface area contributed by atoms with Crippen LogP contribution in [0, 0.1) is 0 Å². The minimum Gasteiger partial charge on any atom is -0.481 e. The molecule has 0 fully saturated rings. The van der Waals surface area contributed by atoms with Crippen molar-refractivity contribution in [3.8, 4) is 11.1 Å². The lowest BCUT2D eigenvalue weighted by molar-refractivity contribution is -0.137. The van der Waals surface area contributed by atoms with Gasteiger partial charge in [0.25, 0.3) is 10.0 Å². The summed E-state index contributed by atoms with van der Waals surface area (Å²) in [7, 11) is -3.94. The number of carbonyl (C=O) groups is 1. The molecule has 0 unspecified atom stereocenters. The molecule has 9 heteroatoms. The van der Waals surface area contributed by atoms with E-state index in [1.807, 2.05) is 12.1 Å². The van der Waals surface area contributed by atoms with Crippen LogP contribution in [0.2, 0.25) is 5.15 Å². The Labute approximate surface area is 184 Å². The molecule has 0 aliphatic rings. The van der Waals surface area contributed by atoms with Crippen molar-refractivity contribution in [3.63, 3.8) is 0 Å². The zero-order valence-electron chi connectivity index (χ0n) is 16.3. The Hall–Kier alpha value is -3.23.